The van der Waals surface area contributed by atoms with E-state index in [0.29, 0.717) is 73.9 Å². The Hall–Kier alpha value is -3.73. The molecule has 1 N–H and O–H groups in total. The first-order valence-corrected chi connectivity index (χ1v) is 13.5. The third-order valence-electron chi connectivity index (χ3n) is 7.00. The van der Waals surface area contributed by atoms with Crippen molar-refractivity contribution in [3.8, 4) is 5.88 Å². The fourth-order valence-electron chi connectivity index (χ4n) is 4.85. The van der Waals surface area contributed by atoms with Crippen molar-refractivity contribution in [2.45, 2.75) is 13.5 Å². The van der Waals surface area contributed by atoms with Crippen molar-refractivity contribution in [1.82, 2.24) is 14.5 Å². The number of benzene rings is 2. The molecule has 0 amide bonds. The molecule has 0 spiro atoms. The van der Waals surface area contributed by atoms with Gasteiger partial charge in [0.1, 0.15) is 5.82 Å². The van der Waals surface area contributed by atoms with E-state index in [1.807, 2.05) is 22.8 Å². The summed E-state index contributed by atoms with van der Waals surface area (Å²) in [7, 11) is 0. The van der Waals surface area contributed by atoms with Gasteiger partial charge in [-0.05, 0) is 30.7 Å². The summed E-state index contributed by atoms with van der Waals surface area (Å²) < 4.78 is 12.9. The Labute approximate surface area is 231 Å². The van der Waals surface area contributed by atoms with Crippen molar-refractivity contribution in [2.75, 3.05) is 62.4 Å². The van der Waals surface area contributed by atoms with Gasteiger partial charge in [-0.15, -0.1) is 10.2 Å². The number of azo groups is 1. The second-order valence-corrected chi connectivity index (χ2v) is 10.1. The Morgan fingerprint density at radius 2 is 1.56 bits per heavy atom. The molecule has 0 saturated carbocycles. The van der Waals surface area contributed by atoms with Crippen molar-refractivity contribution in [2.24, 2.45) is 10.2 Å². The summed E-state index contributed by atoms with van der Waals surface area (Å²) in [6.07, 6.45) is 0. The third kappa shape index (κ3) is 5.54. The van der Waals surface area contributed by atoms with Gasteiger partial charge in [0, 0.05) is 42.7 Å². The van der Waals surface area contributed by atoms with E-state index in [1.54, 1.807) is 6.07 Å². The van der Waals surface area contributed by atoms with Crippen molar-refractivity contribution < 1.29 is 14.6 Å². The monoisotopic (exact) mass is 547 g/mol. The maximum atomic E-state index is 11.3. The molecular formula is C28H30ClN7O3. The van der Waals surface area contributed by atoms with Crippen LogP contribution in [0.4, 0.5) is 23.3 Å². The smallest absolute Gasteiger partial charge is 0.229 e. The van der Waals surface area contributed by atoms with Gasteiger partial charge in [-0.1, -0.05) is 41.4 Å². The molecule has 11 heteroatoms. The molecule has 0 bridgehead atoms. The van der Waals surface area contributed by atoms with E-state index < -0.39 is 0 Å². The summed E-state index contributed by atoms with van der Waals surface area (Å²) in [5.41, 5.74) is 3.41. The van der Waals surface area contributed by atoms with Crippen LogP contribution in [0.2, 0.25) is 5.02 Å². The molecule has 2 fully saturated rings. The minimum Gasteiger partial charge on any atom is -0.493 e. The Morgan fingerprint density at radius 3 is 2.28 bits per heavy atom. The zero-order valence-electron chi connectivity index (χ0n) is 21.8. The normalized spacial score (nSPS) is 16.5. The van der Waals surface area contributed by atoms with Gasteiger partial charge in [-0.3, -0.25) is 0 Å². The minimum absolute atomic E-state index is 0.0208. The van der Waals surface area contributed by atoms with Gasteiger partial charge in [0.05, 0.1) is 38.5 Å². The maximum absolute atomic E-state index is 11.3. The van der Waals surface area contributed by atoms with Gasteiger partial charge < -0.3 is 28.9 Å². The fraction of sp³-hybridized carbons (Fsp3) is 0.357. The quantitative estimate of drug-likeness (QED) is 0.330. The van der Waals surface area contributed by atoms with Crippen molar-refractivity contribution in [3.63, 3.8) is 0 Å². The van der Waals surface area contributed by atoms with E-state index >= 15 is 0 Å². The molecular weight excluding hydrogens is 518 g/mol. The molecule has 2 saturated heterocycles. The van der Waals surface area contributed by atoms with E-state index in [-0.39, 0.29) is 5.88 Å². The fourth-order valence-corrected chi connectivity index (χ4v) is 5.02. The lowest BCUT2D eigenvalue weighted by molar-refractivity contribution is 0.121. The first-order chi connectivity index (χ1) is 19.0. The maximum Gasteiger partial charge on any atom is 0.229 e. The van der Waals surface area contributed by atoms with Crippen molar-refractivity contribution in [1.29, 1.82) is 0 Å². The summed E-state index contributed by atoms with van der Waals surface area (Å²) in [4.78, 5) is 13.8. The van der Waals surface area contributed by atoms with Crippen LogP contribution in [-0.4, -0.2) is 72.2 Å². The van der Waals surface area contributed by atoms with Crippen LogP contribution in [0, 0.1) is 6.92 Å². The Morgan fingerprint density at radius 1 is 0.872 bits per heavy atom. The minimum atomic E-state index is 0.0208. The van der Waals surface area contributed by atoms with E-state index in [0.717, 1.165) is 30.0 Å². The lowest BCUT2D eigenvalue weighted by Crippen LogP contribution is -2.39. The highest BCUT2D eigenvalue weighted by molar-refractivity contribution is 6.31. The largest absolute Gasteiger partial charge is 0.493 e. The number of aryl methyl sites for hydroxylation is 1. The summed E-state index contributed by atoms with van der Waals surface area (Å²) in [6.45, 7) is 7.94. The number of nitrogens with zero attached hydrogens (tertiary/aromatic N) is 7. The number of hydrogen-bond donors (Lipinski definition) is 1. The van der Waals surface area contributed by atoms with Gasteiger partial charge in [0.2, 0.25) is 11.8 Å². The number of fused-ring (bicyclic) bond motifs is 1. The Kier molecular flexibility index (Phi) is 7.32. The average Bonchev–Trinajstić information content (AvgIpc) is 3.23. The summed E-state index contributed by atoms with van der Waals surface area (Å²) in [5, 5.41) is 21.6. The molecule has 0 aliphatic carbocycles. The molecule has 2 aliphatic rings. The zero-order valence-corrected chi connectivity index (χ0v) is 22.5. The molecule has 6 rings (SSSR count). The Balaban J connectivity index is 1.39. The summed E-state index contributed by atoms with van der Waals surface area (Å²) >= 11 is 6.35. The van der Waals surface area contributed by atoms with Crippen LogP contribution in [0.1, 0.15) is 11.1 Å². The highest BCUT2D eigenvalue weighted by Gasteiger charge is 2.21. The van der Waals surface area contributed by atoms with E-state index in [2.05, 4.69) is 51.2 Å². The first-order valence-electron chi connectivity index (χ1n) is 13.1. The second kappa shape index (κ2) is 11.2. The van der Waals surface area contributed by atoms with E-state index in [1.165, 1.54) is 5.56 Å². The molecule has 4 aromatic rings. The highest BCUT2D eigenvalue weighted by atomic mass is 35.5. The molecule has 39 heavy (non-hydrogen) atoms. The SMILES string of the molecule is Cc1ccc(Cn2c(O)c(N=Nc3cc(N4CCOCC4)nc(N4CCOCC4)n3)c3cc(Cl)ccc32)cc1. The standard InChI is InChI=1S/C28H30ClN7O3/c1-19-2-4-20(5-3-19)18-36-23-7-6-21(29)16-22(23)26(27(36)37)33-32-24-17-25(34-8-12-38-13-9-34)31-28(30-24)35-10-14-39-15-11-35/h2-7,16-17,37H,8-15,18H2,1H3. The molecule has 0 radical (unpaired) electrons. The van der Waals surface area contributed by atoms with Gasteiger partial charge in [-0.25, -0.2) is 0 Å². The number of anilines is 2. The van der Waals surface area contributed by atoms with Crippen LogP contribution in [0.25, 0.3) is 10.9 Å². The molecule has 202 valence electrons. The van der Waals surface area contributed by atoms with Crippen LogP contribution < -0.4 is 9.80 Å². The lowest BCUT2D eigenvalue weighted by Gasteiger charge is -2.30. The molecule has 2 aromatic heterocycles. The molecule has 4 heterocycles. The molecule has 2 aromatic carbocycles. The van der Waals surface area contributed by atoms with Crippen molar-refractivity contribution in [3.05, 3.63) is 64.7 Å². The number of hydrogen-bond acceptors (Lipinski definition) is 9. The summed E-state index contributed by atoms with van der Waals surface area (Å²) in [6, 6.07) is 15.6. The van der Waals surface area contributed by atoms with Gasteiger partial charge in [0.15, 0.2) is 11.5 Å². The van der Waals surface area contributed by atoms with Crippen LogP contribution in [0.3, 0.4) is 0 Å². The summed E-state index contributed by atoms with van der Waals surface area (Å²) in [5.74, 6) is 1.80. The third-order valence-corrected chi connectivity index (χ3v) is 7.24. The van der Waals surface area contributed by atoms with Crippen LogP contribution in [-0.2, 0) is 16.0 Å². The topological polar surface area (TPSA) is 101 Å². The second-order valence-electron chi connectivity index (χ2n) is 9.69. The molecule has 10 nitrogen and oxygen atoms in total. The number of halogens is 1. The van der Waals surface area contributed by atoms with Crippen LogP contribution >= 0.6 is 11.6 Å². The molecule has 0 atom stereocenters. The number of aromatic nitrogens is 3. The number of morpholine rings is 2. The lowest BCUT2D eigenvalue weighted by atomic mass is 10.1. The van der Waals surface area contributed by atoms with Crippen LogP contribution in [0.5, 0.6) is 5.88 Å². The van der Waals surface area contributed by atoms with Gasteiger partial charge in [-0.2, -0.15) is 9.97 Å². The van der Waals surface area contributed by atoms with E-state index in [9.17, 15) is 5.11 Å². The van der Waals surface area contributed by atoms with E-state index in [4.69, 9.17) is 31.0 Å². The highest BCUT2D eigenvalue weighted by Crippen LogP contribution is 2.41. The van der Waals surface area contributed by atoms with Crippen molar-refractivity contribution >= 4 is 45.8 Å². The molecule has 2 aliphatic heterocycles. The predicted molar refractivity (Wildman–Crippen MR) is 151 cm³/mol. The number of rotatable bonds is 6. The average molecular weight is 548 g/mol. The first kappa shape index (κ1) is 25.5. The zero-order chi connectivity index (χ0) is 26.8. The van der Waals surface area contributed by atoms with Crippen LogP contribution in [0.15, 0.2) is 58.8 Å². The number of ether oxygens (including phenoxy) is 2. The molecule has 0 unspecified atom stereocenters. The number of aromatic hydroxyl groups is 1. The van der Waals surface area contributed by atoms with Gasteiger partial charge in [0.25, 0.3) is 0 Å². The Bertz CT molecular complexity index is 1460. The predicted octanol–water partition coefficient (Wildman–Crippen LogP) is 5.24. The van der Waals surface area contributed by atoms with Gasteiger partial charge >= 0.3 is 0 Å².